The molecule has 11 aromatic carbocycles. The predicted molar refractivity (Wildman–Crippen MR) is 343 cm³/mol. The van der Waals surface area contributed by atoms with Gasteiger partial charge in [0.25, 0.3) is 0 Å². The molecule has 0 saturated heterocycles. The maximum Gasteiger partial charge on any atom is 0.182 e. The minimum atomic E-state index is -2.76. The standard InChI is InChI=1S/C79H65NSi/c1-77(2)50-51-78(3,4)74-56(34-22-39-68(74)77)52-44-46-55(47-45-52)80(70-40-23-35-64-59-29-13-17-38-67(59)79(75(64)70,53-24-7-5-8-25-53)54-26-9-6-10-27-54)69-49-48-58(57-28-11-12-30-60(57)69)65-36-21-37-66-63-33-16-20-43-73(63)81(76(65)66)71-41-18-14-31-61(71)62-32-15-19-42-72(62)81/h5-10,13-27,29,31-49H,11-12,28,30,50-51H2,1-4H3. The molecule has 1 spiro atoms. The van der Waals surface area contributed by atoms with Crippen LogP contribution >= 0.6 is 0 Å². The van der Waals surface area contributed by atoms with Crippen molar-refractivity contribution in [1.82, 2.24) is 0 Å². The Kier molecular flexibility index (Phi) is 10.7. The first kappa shape index (κ1) is 48.4. The third kappa shape index (κ3) is 6.72. The lowest BCUT2D eigenvalue weighted by atomic mass is 9.61. The molecule has 2 aliphatic heterocycles. The fourth-order valence-corrected chi connectivity index (χ4v) is 22.4. The average Bonchev–Trinajstić information content (AvgIpc) is 3.76. The Morgan fingerprint density at radius 2 is 0.815 bits per heavy atom. The summed E-state index contributed by atoms with van der Waals surface area (Å²) in [4.78, 5) is 2.70. The molecule has 0 atom stereocenters. The van der Waals surface area contributed by atoms with E-state index < -0.39 is 13.5 Å². The van der Waals surface area contributed by atoms with Crippen molar-refractivity contribution in [2.75, 3.05) is 4.90 Å². The molecule has 0 saturated carbocycles. The van der Waals surface area contributed by atoms with E-state index in [9.17, 15) is 0 Å². The minimum absolute atomic E-state index is 0.0685. The normalized spacial score (nSPS) is 16.5. The lowest BCUT2D eigenvalue weighted by Gasteiger charge is -2.43. The Hall–Kier alpha value is -8.56. The lowest BCUT2D eigenvalue weighted by Crippen LogP contribution is -2.71. The van der Waals surface area contributed by atoms with Gasteiger partial charge in [-0.2, -0.15) is 0 Å². The molecule has 5 aliphatic rings. The zero-order valence-electron chi connectivity index (χ0n) is 46.9. The molecule has 0 aromatic heterocycles. The van der Waals surface area contributed by atoms with Crippen LogP contribution in [-0.2, 0) is 29.1 Å². The molecule has 0 unspecified atom stereocenters. The maximum absolute atomic E-state index is 2.76. The quantitative estimate of drug-likeness (QED) is 0.144. The Morgan fingerprint density at radius 1 is 0.333 bits per heavy atom. The number of hydrogen-bond donors (Lipinski definition) is 0. The van der Waals surface area contributed by atoms with Crippen molar-refractivity contribution in [2.45, 2.75) is 82.5 Å². The largest absolute Gasteiger partial charge is 0.310 e. The van der Waals surface area contributed by atoms with Crippen molar-refractivity contribution in [2.24, 2.45) is 0 Å². The van der Waals surface area contributed by atoms with Crippen LogP contribution in [0.2, 0.25) is 0 Å². The van der Waals surface area contributed by atoms with E-state index in [1.165, 1.54) is 146 Å². The highest BCUT2D eigenvalue weighted by Gasteiger charge is 2.55. The van der Waals surface area contributed by atoms with Crippen LogP contribution in [-0.4, -0.2) is 8.07 Å². The van der Waals surface area contributed by atoms with Crippen LogP contribution in [0.1, 0.15) is 97.9 Å². The molecule has 0 radical (unpaired) electrons. The van der Waals surface area contributed by atoms with Crippen molar-refractivity contribution < 1.29 is 0 Å². The third-order valence-corrected chi connectivity index (χ3v) is 25.0. The first-order valence-corrected chi connectivity index (χ1v) is 31.7. The number of fused-ring (bicyclic) bond motifs is 15. The average molecular weight is 1060 g/mol. The molecular formula is C79H65NSi. The van der Waals surface area contributed by atoms with Crippen molar-refractivity contribution >= 4 is 45.9 Å². The number of hydrogen-bond acceptors (Lipinski definition) is 1. The predicted octanol–water partition coefficient (Wildman–Crippen LogP) is 17.4. The van der Waals surface area contributed by atoms with Gasteiger partial charge in [0, 0.05) is 16.9 Å². The van der Waals surface area contributed by atoms with Crippen LogP contribution in [0, 0.1) is 0 Å². The smallest absolute Gasteiger partial charge is 0.182 e. The van der Waals surface area contributed by atoms with E-state index in [4.69, 9.17) is 0 Å². The van der Waals surface area contributed by atoms with Gasteiger partial charge in [-0.1, -0.05) is 252 Å². The fraction of sp³-hybridized carbons (Fsp3) is 0.165. The van der Waals surface area contributed by atoms with E-state index in [0.717, 1.165) is 25.7 Å². The monoisotopic (exact) mass is 1060 g/mol. The highest BCUT2D eigenvalue weighted by molar-refractivity contribution is 7.24. The number of benzene rings is 11. The number of rotatable bonds is 7. The second-order valence-electron chi connectivity index (χ2n) is 25.0. The Labute approximate surface area is 479 Å². The van der Waals surface area contributed by atoms with E-state index >= 15 is 0 Å². The molecule has 11 aromatic rings. The number of anilines is 3. The summed E-state index contributed by atoms with van der Waals surface area (Å²) in [6.45, 7) is 9.80. The van der Waals surface area contributed by atoms with Crippen molar-refractivity contribution in [3.05, 3.63) is 293 Å². The van der Waals surface area contributed by atoms with Gasteiger partial charge in [-0.3, -0.25) is 0 Å². The summed E-state index contributed by atoms with van der Waals surface area (Å²) in [7, 11) is -2.76. The molecule has 390 valence electrons. The van der Waals surface area contributed by atoms with E-state index in [2.05, 4.69) is 281 Å². The molecule has 0 bridgehead atoms. The van der Waals surface area contributed by atoms with Gasteiger partial charge in [0.05, 0.1) is 11.1 Å². The molecule has 0 amide bonds. The Morgan fingerprint density at radius 3 is 1.47 bits per heavy atom. The Bertz CT molecular complexity index is 4250. The summed E-state index contributed by atoms with van der Waals surface area (Å²) >= 11 is 0. The lowest BCUT2D eigenvalue weighted by molar-refractivity contribution is 0.333. The second kappa shape index (κ2) is 18.0. The molecule has 0 N–H and O–H groups in total. The highest BCUT2D eigenvalue weighted by Crippen LogP contribution is 2.61. The Balaban J connectivity index is 0.961. The summed E-state index contributed by atoms with van der Waals surface area (Å²) in [5.74, 6) is 0. The van der Waals surface area contributed by atoms with Gasteiger partial charge in [-0.05, 0) is 189 Å². The van der Waals surface area contributed by atoms with Crippen molar-refractivity contribution in [3.8, 4) is 55.6 Å². The van der Waals surface area contributed by atoms with Gasteiger partial charge in [0.15, 0.2) is 8.07 Å². The SMILES string of the molecule is CC1(C)CCC(C)(C)c2c(-c3ccc(N(c4ccc(-c5cccc6c5[Si]5(c7ccccc7-c7ccccc75)c5ccccc5-6)c5c4CCCC5)c4cccc5c4C(c4ccccc4)(c4ccccc4)c4ccccc4-5)cc3)cccc21. The van der Waals surface area contributed by atoms with Gasteiger partial charge >= 0.3 is 0 Å². The molecule has 3 aliphatic carbocycles. The van der Waals surface area contributed by atoms with Crippen LogP contribution in [0.5, 0.6) is 0 Å². The van der Waals surface area contributed by atoms with E-state index in [-0.39, 0.29) is 10.8 Å². The van der Waals surface area contributed by atoms with Crippen LogP contribution in [0.4, 0.5) is 17.1 Å². The summed E-state index contributed by atoms with van der Waals surface area (Å²) in [6, 6.07) is 96.5. The zero-order chi connectivity index (χ0) is 54.2. The summed E-state index contributed by atoms with van der Waals surface area (Å²) in [5, 5.41) is 6.12. The van der Waals surface area contributed by atoms with Crippen LogP contribution < -0.4 is 25.6 Å². The van der Waals surface area contributed by atoms with Gasteiger partial charge < -0.3 is 4.90 Å². The van der Waals surface area contributed by atoms with Gasteiger partial charge in [0.2, 0.25) is 0 Å². The maximum atomic E-state index is 2.70. The first-order chi connectivity index (χ1) is 39.7. The van der Waals surface area contributed by atoms with Crippen LogP contribution in [0.15, 0.2) is 249 Å². The molecular weight excluding hydrogens is 991 g/mol. The summed E-state index contributed by atoms with van der Waals surface area (Å²) in [6.07, 6.45) is 6.72. The summed E-state index contributed by atoms with van der Waals surface area (Å²) < 4.78 is 0. The number of nitrogens with zero attached hydrogens (tertiary/aromatic N) is 1. The second-order valence-corrected chi connectivity index (χ2v) is 28.6. The van der Waals surface area contributed by atoms with Crippen molar-refractivity contribution in [1.29, 1.82) is 0 Å². The summed E-state index contributed by atoms with van der Waals surface area (Å²) in [5.41, 5.74) is 28.0. The molecule has 2 heterocycles. The van der Waals surface area contributed by atoms with Crippen molar-refractivity contribution in [3.63, 3.8) is 0 Å². The van der Waals surface area contributed by atoms with Crippen LogP contribution in [0.3, 0.4) is 0 Å². The first-order valence-electron chi connectivity index (χ1n) is 29.7. The van der Waals surface area contributed by atoms with Gasteiger partial charge in [-0.15, -0.1) is 0 Å². The topological polar surface area (TPSA) is 3.24 Å². The van der Waals surface area contributed by atoms with E-state index in [1.807, 2.05) is 0 Å². The molecule has 1 nitrogen and oxygen atoms in total. The van der Waals surface area contributed by atoms with Gasteiger partial charge in [-0.25, -0.2) is 0 Å². The molecule has 16 rings (SSSR count). The van der Waals surface area contributed by atoms with E-state index in [0.29, 0.717) is 0 Å². The zero-order valence-corrected chi connectivity index (χ0v) is 47.9. The molecule has 0 fully saturated rings. The fourth-order valence-electron chi connectivity index (χ4n) is 16.5. The van der Waals surface area contributed by atoms with E-state index in [1.54, 1.807) is 5.19 Å². The minimum Gasteiger partial charge on any atom is -0.310 e. The molecule has 81 heavy (non-hydrogen) atoms. The van der Waals surface area contributed by atoms with Crippen LogP contribution in [0.25, 0.3) is 55.6 Å². The molecule has 2 heteroatoms. The van der Waals surface area contributed by atoms with Gasteiger partial charge in [0.1, 0.15) is 0 Å². The third-order valence-electron chi connectivity index (χ3n) is 20.0. The highest BCUT2D eigenvalue weighted by atomic mass is 28.3.